The van der Waals surface area contributed by atoms with Crippen molar-refractivity contribution in [2.75, 3.05) is 23.7 Å². The Hall–Kier alpha value is -4.30. The Bertz CT molecular complexity index is 1490. The molecule has 0 unspecified atom stereocenters. The van der Waals surface area contributed by atoms with Gasteiger partial charge in [0.2, 0.25) is 10.0 Å². The van der Waals surface area contributed by atoms with E-state index in [-0.39, 0.29) is 12.5 Å². The van der Waals surface area contributed by atoms with Gasteiger partial charge in [-0.1, -0.05) is 67.9 Å². The number of nitrogens with zero attached hydrogens (tertiary/aromatic N) is 1. The Morgan fingerprint density at radius 3 is 2.00 bits per heavy atom. The molecule has 0 radical (unpaired) electrons. The number of carbonyl (C=O) groups is 1. The van der Waals surface area contributed by atoms with Crippen LogP contribution in [0.4, 0.5) is 5.69 Å². The zero-order valence-corrected chi connectivity index (χ0v) is 24.3. The van der Waals surface area contributed by atoms with Crippen LogP contribution >= 0.6 is 0 Å². The zero-order valence-electron chi connectivity index (χ0n) is 23.5. The second-order valence-corrected chi connectivity index (χ2v) is 11.6. The van der Waals surface area contributed by atoms with E-state index < -0.39 is 10.0 Å². The summed E-state index contributed by atoms with van der Waals surface area (Å²) in [7, 11) is -3.55. The Labute approximate surface area is 242 Å². The average Bonchev–Trinajstić information content (AvgIpc) is 2.98. The van der Waals surface area contributed by atoms with Gasteiger partial charge in [-0.05, 0) is 71.6 Å². The summed E-state index contributed by atoms with van der Waals surface area (Å²) in [5.74, 6) is 1.20. The van der Waals surface area contributed by atoms with Crippen LogP contribution < -0.4 is 19.1 Å². The SMILES string of the molecule is CCCc1ccc(OCCNC(=O)c2ccc(CN(c3ccc(OCc4ccccc4)cc3)S(C)(=O)=O)cc2)cc1. The van der Waals surface area contributed by atoms with Crippen LogP contribution in [0.15, 0.2) is 103 Å². The first-order valence-electron chi connectivity index (χ1n) is 13.6. The first-order valence-corrected chi connectivity index (χ1v) is 15.5. The molecule has 0 saturated carbocycles. The van der Waals surface area contributed by atoms with E-state index >= 15 is 0 Å². The molecule has 0 saturated heterocycles. The highest BCUT2D eigenvalue weighted by molar-refractivity contribution is 7.92. The van der Waals surface area contributed by atoms with E-state index in [2.05, 4.69) is 24.4 Å². The second-order valence-electron chi connectivity index (χ2n) is 9.73. The maximum atomic E-state index is 12.6. The van der Waals surface area contributed by atoms with Crippen molar-refractivity contribution in [2.45, 2.75) is 32.9 Å². The fourth-order valence-corrected chi connectivity index (χ4v) is 5.14. The topological polar surface area (TPSA) is 84.9 Å². The van der Waals surface area contributed by atoms with Crippen molar-refractivity contribution in [3.8, 4) is 11.5 Å². The summed E-state index contributed by atoms with van der Waals surface area (Å²) < 4.78 is 38.1. The van der Waals surface area contributed by atoms with Crippen LogP contribution in [-0.2, 0) is 29.6 Å². The van der Waals surface area contributed by atoms with Crippen LogP contribution in [0, 0.1) is 0 Å². The largest absolute Gasteiger partial charge is 0.492 e. The summed E-state index contributed by atoms with van der Waals surface area (Å²) in [5, 5.41) is 2.86. The highest BCUT2D eigenvalue weighted by atomic mass is 32.2. The van der Waals surface area contributed by atoms with E-state index in [1.54, 1.807) is 48.5 Å². The summed E-state index contributed by atoms with van der Waals surface area (Å²) >= 11 is 0. The number of hydrogen-bond donors (Lipinski definition) is 1. The molecular formula is C33H36N2O5S. The zero-order chi connectivity index (χ0) is 29.1. The third-order valence-corrected chi connectivity index (χ3v) is 7.57. The molecule has 41 heavy (non-hydrogen) atoms. The van der Waals surface area contributed by atoms with Crippen molar-refractivity contribution in [1.82, 2.24) is 5.32 Å². The van der Waals surface area contributed by atoms with Crippen molar-refractivity contribution in [3.05, 3.63) is 125 Å². The van der Waals surface area contributed by atoms with Crippen molar-refractivity contribution >= 4 is 21.6 Å². The van der Waals surface area contributed by atoms with Gasteiger partial charge in [-0.2, -0.15) is 0 Å². The standard InChI is InChI=1S/C33H36N2O5S/c1-3-7-26-12-18-31(19-13-26)39-23-22-34-33(36)29-14-10-27(11-15-29)24-35(41(2,37)38)30-16-20-32(21-17-30)40-25-28-8-5-4-6-9-28/h4-6,8-21H,3,7,22-25H2,1-2H3,(H,34,36). The quantitative estimate of drug-likeness (QED) is 0.188. The van der Waals surface area contributed by atoms with Gasteiger partial charge < -0.3 is 14.8 Å². The third kappa shape index (κ3) is 9.11. The number of rotatable bonds is 14. The molecule has 8 heteroatoms. The molecule has 214 valence electrons. The van der Waals surface area contributed by atoms with Gasteiger partial charge >= 0.3 is 0 Å². The number of amides is 1. The molecule has 4 aromatic rings. The summed E-state index contributed by atoms with van der Waals surface area (Å²) in [6.07, 6.45) is 3.32. The fraction of sp³-hybridized carbons (Fsp3) is 0.242. The van der Waals surface area contributed by atoms with Crippen LogP contribution in [0.5, 0.6) is 11.5 Å². The predicted octanol–water partition coefficient (Wildman–Crippen LogP) is 5.99. The predicted molar refractivity (Wildman–Crippen MR) is 163 cm³/mol. The van der Waals surface area contributed by atoms with Gasteiger partial charge in [0.15, 0.2) is 0 Å². The number of benzene rings is 4. The minimum atomic E-state index is -3.55. The molecule has 7 nitrogen and oxygen atoms in total. The van der Waals surface area contributed by atoms with Gasteiger partial charge in [0.1, 0.15) is 24.7 Å². The Morgan fingerprint density at radius 2 is 1.37 bits per heavy atom. The molecule has 1 amide bonds. The van der Waals surface area contributed by atoms with Crippen LogP contribution in [0.2, 0.25) is 0 Å². The molecule has 0 aliphatic rings. The number of nitrogens with one attached hydrogen (secondary N) is 1. The first-order chi connectivity index (χ1) is 19.8. The molecule has 0 heterocycles. The van der Waals surface area contributed by atoms with Gasteiger partial charge in [0, 0.05) is 5.56 Å². The number of anilines is 1. The minimum Gasteiger partial charge on any atom is -0.492 e. The molecule has 0 aliphatic carbocycles. The Morgan fingerprint density at radius 1 is 0.756 bits per heavy atom. The summed E-state index contributed by atoms with van der Waals surface area (Å²) in [6.45, 7) is 3.43. The average molecular weight is 573 g/mol. The van der Waals surface area contributed by atoms with Crippen molar-refractivity contribution < 1.29 is 22.7 Å². The lowest BCUT2D eigenvalue weighted by Crippen LogP contribution is -2.29. The van der Waals surface area contributed by atoms with Crippen molar-refractivity contribution in [2.24, 2.45) is 0 Å². The van der Waals surface area contributed by atoms with E-state index in [4.69, 9.17) is 9.47 Å². The molecule has 0 spiro atoms. The monoisotopic (exact) mass is 572 g/mol. The molecule has 0 aliphatic heterocycles. The van der Waals surface area contributed by atoms with Crippen molar-refractivity contribution in [1.29, 1.82) is 0 Å². The summed E-state index contributed by atoms with van der Waals surface area (Å²) in [5.41, 5.74) is 4.10. The smallest absolute Gasteiger partial charge is 0.251 e. The van der Waals surface area contributed by atoms with Gasteiger partial charge in [0.05, 0.1) is 25.0 Å². The van der Waals surface area contributed by atoms with Crippen LogP contribution in [0.25, 0.3) is 0 Å². The lowest BCUT2D eigenvalue weighted by atomic mass is 10.1. The highest BCUT2D eigenvalue weighted by Gasteiger charge is 2.18. The fourth-order valence-electron chi connectivity index (χ4n) is 4.25. The van der Waals surface area contributed by atoms with E-state index in [9.17, 15) is 13.2 Å². The molecule has 1 N–H and O–H groups in total. The summed E-state index contributed by atoms with van der Waals surface area (Å²) in [6, 6.07) is 31.7. The van der Waals surface area contributed by atoms with Crippen LogP contribution in [-0.4, -0.2) is 33.7 Å². The van der Waals surface area contributed by atoms with Crippen molar-refractivity contribution in [3.63, 3.8) is 0 Å². The normalized spacial score (nSPS) is 11.1. The van der Waals surface area contributed by atoms with E-state index in [1.807, 2.05) is 42.5 Å². The molecule has 0 bridgehead atoms. The maximum Gasteiger partial charge on any atom is 0.251 e. The van der Waals surface area contributed by atoms with Gasteiger partial charge in [-0.15, -0.1) is 0 Å². The lowest BCUT2D eigenvalue weighted by molar-refractivity contribution is 0.0947. The van der Waals surface area contributed by atoms with Gasteiger partial charge in [-0.3, -0.25) is 9.10 Å². The minimum absolute atomic E-state index is 0.135. The molecule has 0 aromatic heterocycles. The highest BCUT2D eigenvalue weighted by Crippen LogP contribution is 2.24. The second kappa shape index (κ2) is 14.4. The van der Waals surface area contributed by atoms with Crippen LogP contribution in [0.3, 0.4) is 0 Å². The number of ether oxygens (including phenoxy) is 2. The van der Waals surface area contributed by atoms with E-state index in [0.29, 0.717) is 36.8 Å². The number of hydrogen-bond acceptors (Lipinski definition) is 5. The number of sulfonamides is 1. The molecular weight excluding hydrogens is 536 g/mol. The Balaban J connectivity index is 1.29. The number of aryl methyl sites for hydroxylation is 1. The van der Waals surface area contributed by atoms with Crippen LogP contribution in [0.1, 0.15) is 40.4 Å². The maximum absolute atomic E-state index is 12.6. The van der Waals surface area contributed by atoms with Gasteiger partial charge in [-0.25, -0.2) is 8.42 Å². The van der Waals surface area contributed by atoms with E-state index in [0.717, 1.165) is 29.7 Å². The first kappa shape index (κ1) is 29.7. The molecule has 4 aromatic carbocycles. The van der Waals surface area contributed by atoms with Gasteiger partial charge in [0.25, 0.3) is 5.91 Å². The molecule has 4 rings (SSSR count). The molecule has 0 atom stereocenters. The lowest BCUT2D eigenvalue weighted by Gasteiger charge is -2.23. The molecule has 0 fully saturated rings. The third-order valence-electron chi connectivity index (χ3n) is 6.43. The Kier molecular flexibility index (Phi) is 10.4. The van der Waals surface area contributed by atoms with E-state index in [1.165, 1.54) is 16.1 Å². The summed E-state index contributed by atoms with van der Waals surface area (Å²) in [4.78, 5) is 12.6. The number of carbonyl (C=O) groups excluding carboxylic acids is 1.